The number of carbonyl (C=O) groups is 4. The molecule has 9 nitrogen and oxygen atoms in total. The van der Waals surface area contributed by atoms with Crippen LogP contribution in [-0.2, 0) is 11.2 Å². The molecule has 0 spiro atoms. The summed E-state index contributed by atoms with van der Waals surface area (Å²) in [6, 6.07) is 14.8. The zero-order valence-electron chi connectivity index (χ0n) is 21.7. The molecule has 0 unspecified atom stereocenters. The number of nitrogens with zero attached hydrogens (tertiary/aromatic N) is 2. The molecule has 0 bridgehead atoms. The predicted octanol–water partition coefficient (Wildman–Crippen LogP) is 4.44. The van der Waals surface area contributed by atoms with Crippen LogP contribution in [0.1, 0.15) is 54.8 Å². The van der Waals surface area contributed by atoms with Crippen molar-refractivity contribution in [2.45, 2.75) is 31.0 Å². The van der Waals surface area contributed by atoms with Crippen LogP contribution in [0.5, 0.6) is 0 Å². The summed E-state index contributed by atoms with van der Waals surface area (Å²) in [5.41, 5.74) is 3.36. The minimum Gasteiger partial charge on any atom is -0.383 e. The van der Waals surface area contributed by atoms with Crippen molar-refractivity contribution in [2.75, 3.05) is 13.6 Å². The Hall–Kier alpha value is -3.70. The van der Waals surface area contributed by atoms with Gasteiger partial charge in [-0.05, 0) is 35.7 Å². The summed E-state index contributed by atoms with van der Waals surface area (Å²) in [6.45, 7) is -0.106. The Labute approximate surface area is 248 Å². The van der Waals surface area contributed by atoms with Gasteiger partial charge in [-0.3, -0.25) is 24.1 Å². The molecule has 6 rings (SSSR count). The summed E-state index contributed by atoms with van der Waals surface area (Å²) < 4.78 is 1.19. The Kier molecular flexibility index (Phi) is 7.11. The summed E-state index contributed by atoms with van der Waals surface area (Å²) in [7, 11) is 1.58. The van der Waals surface area contributed by atoms with Crippen molar-refractivity contribution in [2.24, 2.45) is 0 Å². The molecule has 2 aromatic heterocycles. The molecule has 41 heavy (non-hydrogen) atoms. The first kappa shape index (κ1) is 27.5. The molecule has 2 aliphatic rings. The van der Waals surface area contributed by atoms with E-state index < -0.39 is 35.9 Å². The van der Waals surface area contributed by atoms with E-state index in [0.29, 0.717) is 38.1 Å². The molecule has 12 heteroatoms. The first-order valence-electron chi connectivity index (χ1n) is 12.9. The largest absolute Gasteiger partial charge is 0.383 e. The number of aromatic nitrogens is 1. The number of hydrogen-bond donors (Lipinski definition) is 3. The van der Waals surface area contributed by atoms with Crippen LogP contribution in [0.25, 0.3) is 10.2 Å². The Morgan fingerprint density at radius 1 is 1.12 bits per heavy atom. The van der Waals surface area contributed by atoms with Crippen LogP contribution in [0, 0.1) is 0 Å². The second kappa shape index (κ2) is 10.6. The summed E-state index contributed by atoms with van der Waals surface area (Å²) >= 11 is 13.6. The number of aliphatic hydroxyl groups is 1. The second-order valence-electron chi connectivity index (χ2n) is 10.1. The van der Waals surface area contributed by atoms with E-state index in [1.54, 1.807) is 37.4 Å². The average molecular weight is 612 g/mol. The molecule has 210 valence electrons. The van der Waals surface area contributed by atoms with Crippen molar-refractivity contribution in [3.8, 4) is 0 Å². The highest BCUT2D eigenvalue weighted by Gasteiger charge is 2.40. The molecule has 4 aromatic rings. The zero-order chi connectivity index (χ0) is 29.0. The van der Waals surface area contributed by atoms with Crippen molar-refractivity contribution < 1.29 is 24.3 Å². The number of aliphatic hydroxyl groups excluding tert-OH is 1. The molecule has 3 heterocycles. The minimum atomic E-state index is -1.46. The Morgan fingerprint density at radius 2 is 1.78 bits per heavy atom. The number of carbonyl (C=O) groups excluding carboxylic acids is 4. The molecule has 0 radical (unpaired) electrons. The molecular formula is C29H24Cl2N4O5S. The van der Waals surface area contributed by atoms with Crippen molar-refractivity contribution in [3.63, 3.8) is 0 Å². The van der Waals surface area contributed by atoms with Gasteiger partial charge in [-0.1, -0.05) is 59.6 Å². The SMILES string of the molecule is CN(C(=O)[C@@H](O)CCN1C(=O)c2ccccc2C1=O)[C@H]1c2ccccc2C[C@H]1NC(=O)c1cc2sc(Cl)c(Cl)c2[nH]1. The number of likely N-dealkylation sites (N-methyl/N-ethyl adjacent to an activating group) is 1. The third-order valence-electron chi connectivity index (χ3n) is 7.68. The number of benzene rings is 2. The van der Waals surface area contributed by atoms with E-state index in [1.165, 1.54) is 16.2 Å². The van der Waals surface area contributed by atoms with Gasteiger partial charge in [0, 0.05) is 20.0 Å². The minimum absolute atomic E-state index is 0.106. The first-order chi connectivity index (χ1) is 19.7. The molecule has 1 aliphatic carbocycles. The number of rotatable bonds is 7. The lowest BCUT2D eigenvalue weighted by Crippen LogP contribution is -2.48. The van der Waals surface area contributed by atoms with E-state index in [1.807, 2.05) is 24.3 Å². The van der Waals surface area contributed by atoms with Gasteiger partial charge < -0.3 is 20.3 Å². The van der Waals surface area contributed by atoms with Gasteiger partial charge in [-0.15, -0.1) is 11.3 Å². The Balaban J connectivity index is 1.17. The maximum absolute atomic E-state index is 13.4. The van der Waals surface area contributed by atoms with E-state index in [2.05, 4.69) is 10.3 Å². The van der Waals surface area contributed by atoms with Crippen LogP contribution in [0.3, 0.4) is 0 Å². The van der Waals surface area contributed by atoms with Crippen molar-refractivity contribution in [1.82, 2.24) is 20.1 Å². The van der Waals surface area contributed by atoms with E-state index in [-0.39, 0.29) is 18.9 Å². The molecule has 0 fully saturated rings. The van der Waals surface area contributed by atoms with E-state index in [9.17, 15) is 24.3 Å². The van der Waals surface area contributed by atoms with Crippen molar-refractivity contribution >= 4 is 68.4 Å². The topological polar surface area (TPSA) is 123 Å². The van der Waals surface area contributed by atoms with Gasteiger partial charge in [0.05, 0.1) is 38.4 Å². The standard InChI is InChI=1S/C29H24Cl2N4O5S/c1-34(29(40)20(36)10-11-35-27(38)16-8-4-5-9-17(16)28(35)39)24-15-7-3-2-6-14(15)12-18(24)33-26(37)19-13-21-23(32-19)22(30)25(31)41-21/h2-9,13,18,20,24,32,36H,10-12H2,1H3,(H,33,37)/t18-,20+,24+/m1/s1. The number of fused-ring (bicyclic) bond motifs is 3. The Bertz CT molecular complexity index is 1700. The highest BCUT2D eigenvalue weighted by atomic mass is 35.5. The van der Waals surface area contributed by atoms with Gasteiger partial charge in [0.25, 0.3) is 23.6 Å². The normalized spacial score (nSPS) is 18.5. The third-order valence-corrected chi connectivity index (χ3v) is 9.62. The van der Waals surface area contributed by atoms with Gasteiger partial charge in [0.1, 0.15) is 16.1 Å². The molecule has 3 atom stereocenters. The fraction of sp³-hybridized carbons (Fsp3) is 0.241. The summed E-state index contributed by atoms with van der Waals surface area (Å²) in [5, 5.41) is 14.2. The molecule has 0 saturated carbocycles. The molecule has 4 amide bonds. The number of amides is 4. The monoisotopic (exact) mass is 610 g/mol. The number of hydrogen-bond acceptors (Lipinski definition) is 6. The van der Waals surface area contributed by atoms with Crippen molar-refractivity contribution in [1.29, 1.82) is 0 Å². The molecular weight excluding hydrogens is 587 g/mol. The number of imide groups is 1. The smallest absolute Gasteiger partial charge is 0.268 e. The molecule has 1 aliphatic heterocycles. The maximum Gasteiger partial charge on any atom is 0.268 e. The number of H-pyrrole nitrogens is 1. The summed E-state index contributed by atoms with van der Waals surface area (Å²) in [5.74, 6) is -1.84. The highest BCUT2D eigenvalue weighted by Crippen LogP contribution is 2.39. The number of halogens is 2. The van der Waals surface area contributed by atoms with Gasteiger partial charge in [-0.25, -0.2) is 0 Å². The third kappa shape index (κ3) is 4.70. The highest BCUT2D eigenvalue weighted by molar-refractivity contribution is 7.23. The van der Waals surface area contributed by atoms with Gasteiger partial charge in [0.2, 0.25) is 0 Å². The fourth-order valence-corrected chi connectivity index (χ4v) is 7.14. The number of nitrogens with one attached hydrogen (secondary N) is 2. The number of thiophene rings is 1. The van der Waals surface area contributed by atoms with Crippen LogP contribution in [0.15, 0.2) is 54.6 Å². The Morgan fingerprint density at radius 3 is 2.46 bits per heavy atom. The van der Waals surface area contributed by atoms with Crippen LogP contribution in [0.2, 0.25) is 9.36 Å². The predicted molar refractivity (Wildman–Crippen MR) is 156 cm³/mol. The lowest BCUT2D eigenvalue weighted by Gasteiger charge is -2.32. The molecule has 3 N–H and O–H groups in total. The van der Waals surface area contributed by atoms with E-state index >= 15 is 0 Å². The van der Waals surface area contributed by atoms with Crippen LogP contribution in [0.4, 0.5) is 0 Å². The van der Waals surface area contributed by atoms with Gasteiger partial charge >= 0.3 is 0 Å². The summed E-state index contributed by atoms with van der Waals surface area (Å²) in [6.07, 6.45) is -1.10. The molecule has 0 saturated heterocycles. The van der Waals surface area contributed by atoms with Crippen LogP contribution >= 0.6 is 34.5 Å². The quantitative estimate of drug-likeness (QED) is 0.267. The van der Waals surface area contributed by atoms with Crippen molar-refractivity contribution in [3.05, 3.63) is 91.9 Å². The van der Waals surface area contributed by atoms with E-state index in [4.69, 9.17) is 23.2 Å². The number of aromatic amines is 1. The maximum atomic E-state index is 13.4. The van der Waals surface area contributed by atoms with Crippen LogP contribution in [-0.4, -0.2) is 69.3 Å². The zero-order valence-corrected chi connectivity index (χ0v) is 24.0. The van der Waals surface area contributed by atoms with Gasteiger partial charge in [-0.2, -0.15) is 0 Å². The van der Waals surface area contributed by atoms with E-state index in [0.717, 1.165) is 20.7 Å². The van der Waals surface area contributed by atoms with Crippen LogP contribution < -0.4 is 5.32 Å². The second-order valence-corrected chi connectivity index (χ2v) is 12.1. The summed E-state index contributed by atoms with van der Waals surface area (Å²) in [4.78, 5) is 57.5. The molecule has 2 aromatic carbocycles. The lowest BCUT2D eigenvalue weighted by molar-refractivity contribution is -0.142. The lowest BCUT2D eigenvalue weighted by atomic mass is 10.0. The fourth-order valence-electron chi connectivity index (χ4n) is 5.66. The first-order valence-corrected chi connectivity index (χ1v) is 14.5. The van der Waals surface area contributed by atoms with Gasteiger partial charge in [0.15, 0.2) is 0 Å². The average Bonchev–Trinajstić information content (AvgIpc) is 3.68.